The van der Waals surface area contributed by atoms with Gasteiger partial charge in [-0.3, -0.25) is 9.59 Å². The largest absolute Gasteiger partial charge is 0.466 e. The molecule has 0 aliphatic carbocycles. The summed E-state index contributed by atoms with van der Waals surface area (Å²) < 4.78 is 9.64. The number of hydrogen-bond acceptors (Lipinski definition) is 4. The molecule has 0 radical (unpaired) electrons. The van der Waals surface area contributed by atoms with E-state index < -0.39 is 0 Å². The van der Waals surface area contributed by atoms with E-state index in [0.717, 1.165) is 19.3 Å². The van der Waals surface area contributed by atoms with Gasteiger partial charge in [-0.25, -0.2) is 0 Å². The number of unbranched alkanes of at least 4 members (excludes halogenated alkanes) is 1. The van der Waals surface area contributed by atoms with E-state index in [1.807, 2.05) is 20.8 Å². The van der Waals surface area contributed by atoms with Gasteiger partial charge in [-0.1, -0.05) is 27.2 Å². The molecule has 0 unspecified atom stereocenters. The average Bonchev–Trinajstić information content (AvgIpc) is 2.29. The Bertz CT molecular complexity index is 212. The molecule has 0 aromatic heterocycles. The van der Waals surface area contributed by atoms with Crippen LogP contribution >= 0.6 is 0 Å². The minimum Gasteiger partial charge on any atom is -0.466 e. The number of esters is 2. The summed E-state index contributed by atoms with van der Waals surface area (Å²) in [5.74, 6) is -0.184. The van der Waals surface area contributed by atoms with Gasteiger partial charge in [0.05, 0.1) is 12.7 Å². The second-order valence-electron chi connectivity index (χ2n) is 4.22. The maximum atomic E-state index is 10.6. The van der Waals surface area contributed by atoms with E-state index in [4.69, 9.17) is 9.47 Å². The molecular formula is C14H28O4. The van der Waals surface area contributed by atoms with E-state index in [2.05, 4.69) is 6.92 Å². The Balaban J connectivity index is 0. The number of ether oxygens (including phenoxy) is 2. The first-order valence-corrected chi connectivity index (χ1v) is 6.82. The summed E-state index contributed by atoms with van der Waals surface area (Å²) in [5.41, 5.74) is 0. The molecular weight excluding hydrogens is 232 g/mol. The lowest BCUT2D eigenvalue weighted by atomic mass is 10.3. The van der Waals surface area contributed by atoms with Gasteiger partial charge in [0.1, 0.15) is 0 Å². The highest BCUT2D eigenvalue weighted by molar-refractivity contribution is 5.69. The fraction of sp³-hybridized carbons (Fsp3) is 0.857. The SMILES string of the molecule is CCCC(=O)OC(C)C.CCCCOC(=O)CC. The van der Waals surface area contributed by atoms with Crippen molar-refractivity contribution >= 4 is 11.9 Å². The summed E-state index contributed by atoms with van der Waals surface area (Å²) in [6, 6.07) is 0. The van der Waals surface area contributed by atoms with E-state index in [9.17, 15) is 9.59 Å². The van der Waals surface area contributed by atoms with E-state index in [0.29, 0.717) is 19.4 Å². The van der Waals surface area contributed by atoms with Crippen LogP contribution in [0, 0.1) is 0 Å². The molecule has 0 saturated heterocycles. The lowest BCUT2D eigenvalue weighted by molar-refractivity contribution is -0.147. The van der Waals surface area contributed by atoms with Gasteiger partial charge in [-0.15, -0.1) is 0 Å². The van der Waals surface area contributed by atoms with Gasteiger partial charge in [0, 0.05) is 12.8 Å². The van der Waals surface area contributed by atoms with Crippen LogP contribution in [0.2, 0.25) is 0 Å². The number of carbonyl (C=O) groups excluding carboxylic acids is 2. The predicted octanol–water partition coefficient (Wildman–Crippen LogP) is 3.48. The van der Waals surface area contributed by atoms with Crippen molar-refractivity contribution in [3.05, 3.63) is 0 Å². The van der Waals surface area contributed by atoms with E-state index in [1.54, 1.807) is 6.92 Å². The molecule has 4 heteroatoms. The van der Waals surface area contributed by atoms with E-state index in [-0.39, 0.29) is 18.0 Å². The molecule has 0 N–H and O–H groups in total. The van der Waals surface area contributed by atoms with Crippen LogP contribution in [-0.2, 0) is 19.1 Å². The van der Waals surface area contributed by atoms with Gasteiger partial charge >= 0.3 is 11.9 Å². The van der Waals surface area contributed by atoms with Crippen LogP contribution in [-0.4, -0.2) is 24.6 Å². The molecule has 0 heterocycles. The first kappa shape index (κ1) is 19.3. The Morgan fingerprint density at radius 1 is 1.00 bits per heavy atom. The van der Waals surface area contributed by atoms with Crippen LogP contribution in [0.3, 0.4) is 0 Å². The molecule has 0 fully saturated rings. The van der Waals surface area contributed by atoms with Gasteiger partial charge < -0.3 is 9.47 Å². The maximum absolute atomic E-state index is 10.6. The third kappa shape index (κ3) is 17.3. The minimum absolute atomic E-state index is 0.0315. The van der Waals surface area contributed by atoms with Crippen LogP contribution in [0.25, 0.3) is 0 Å². The molecule has 18 heavy (non-hydrogen) atoms. The highest BCUT2D eigenvalue weighted by Gasteiger charge is 2.01. The Morgan fingerprint density at radius 2 is 1.61 bits per heavy atom. The third-order valence-corrected chi connectivity index (χ3v) is 1.87. The number of rotatable bonds is 7. The summed E-state index contributed by atoms with van der Waals surface area (Å²) in [6.07, 6.45) is 3.99. The Morgan fingerprint density at radius 3 is 2.00 bits per heavy atom. The molecule has 0 bridgehead atoms. The van der Waals surface area contributed by atoms with Gasteiger partial charge in [-0.2, -0.15) is 0 Å². The van der Waals surface area contributed by atoms with Crippen LogP contribution in [0.1, 0.15) is 66.7 Å². The van der Waals surface area contributed by atoms with Crippen molar-refractivity contribution in [3.8, 4) is 0 Å². The quantitative estimate of drug-likeness (QED) is 0.519. The van der Waals surface area contributed by atoms with Crippen molar-refractivity contribution in [2.45, 2.75) is 72.8 Å². The first-order valence-electron chi connectivity index (χ1n) is 6.82. The van der Waals surface area contributed by atoms with E-state index >= 15 is 0 Å². The van der Waals surface area contributed by atoms with Crippen molar-refractivity contribution in [3.63, 3.8) is 0 Å². The summed E-state index contributed by atoms with van der Waals surface area (Å²) >= 11 is 0. The molecule has 0 aromatic rings. The molecule has 0 saturated carbocycles. The Kier molecular flexibility index (Phi) is 15.0. The predicted molar refractivity (Wildman–Crippen MR) is 72.3 cm³/mol. The molecule has 4 nitrogen and oxygen atoms in total. The second-order valence-corrected chi connectivity index (χ2v) is 4.22. The Labute approximate surface area is 111 Å². The van der Waals surface area contributed by atoms with Gasteiger partial charge in [0.15, 0.2) is 0 Å². The van der Waals surface area contributed by atoms with Crippen LogP contribution in [0.5, 0.6) is 0 Å². The molecule has 0 aromatic carbocycles. The van der Waals surface area contributed by atoms with Crippen molar-refractivity contribution in [1.29, 1.82) is 0 Å². The summed E-state index contributed by atoms with van der Waals surface area (Å²) in [6.45, 7) is 10.1. The molecule has 0 spiro atoms. The Hall–Kier alpha value is -1.06. The fourth-order valence-corrected chi connectivity index (χ4v) is 0.958. The third-order valence-electron chi connectivity index (χ3n) is 1.87. The summed E-state index contributed by atoms with van der Waals surface area (Å²) in [5, 5.41) is 0. The van der Waals surface area contributed by atoms with Gasteiger partial charge in [0.2, 0.25) is 0 Å². The van der Waals surface area contributed by atoms with Crippen LogP contribution < -0.4 is 0 Å². The molecule has 0 atom stereocenters. The highest BCUT2D eigenvalue weighted by Crippen LogP contribution is 1.95. The second kappa shape index (κ2) is 14.0. The summed E-state index contributed by atoms with van der Waals surface area (Å²) in [4.78, 5) is 21.1. The van der Waals surface area contributed by atoms with Gasteiger partial charge in [-0.05, 0) is 26.7 Å². The van der Waals surface area contributed by atoms with Crippen LogP contribution in [0.15, 0.2) is 0 Å². The van der Waals surface area contributed by atoms with Gasteiger partial charge in [0.25, 0.3) is 0 Å². The average molecular weight is 260 g/mol. The number of carbonyl (C=O) groups is 2. The summed E-state index contributed by atoms with van der Waals surface area (Å²) in [7, 11) is 0. The molecule has 0 aliphatic heterocycles. The standard InChI is InChI=1S/2C7H14O2/c1-4-5-7(8)9-6(2)3;1-3-5-6-9-7(8)4-2/h6H,4-5H2,1-3H3;3-6H2,1-2H3. The molecule has 0 aliphatic rings. The lowest BCUT2D eigenvalue weighted by Gasteiger charge is -2.05. The zero-order chi connectivity index (χ0) is 14.4. The highest BCUT2D eigenvalue weighted by atomic mass is 16.5. The molecule has 0 amide bonds. The fourth-order valence-electron chi connectivity index (χ4n) is 0.958. The number of hydrogen-bond donors (Lipinski definition) is 0. The normalized spacial score (nSPS) is 9.44. The zero-order valence-electron chi connectivity index (χ0n) is 12.5. The lowest BCUT2D eigenvalue weighted by Crippen LogP contribution is -2.10. The van der Waals surface area contributed by atoms with E-state index in [1.165, 1.54) is 0 Å². The topological polar surface area (TPSA) is 52.6 Å². The monoisotopic (exact) mass is 260 g/mol. The molecule has 0 rings (SSSR count). The van der Waals surface area contributed by atoms with Crippen molar-refractivity contribution < 1.29 is 19.1 Å². The van der Waals surface area contributed by atoms with Crippen molar-refractivity contribution in [2.75, 3.05) is 6.61 Å². The maximum Gasteiger partial charge on any atom is 0.306 e. The van der Waals surface area contributed by atoms with Crippen molar-refractivity contribution in [2.24, 2.45) is 0 Å². The van der Waals surface area contributed by atoms with Crippen molar-refractivity contribution in [1.82, 2.24) is 0 Å². The zero-order valence-corrected chi connectivity index (χ0v) is 12.5. The minimum atomic E-state index is -0.0940. The molecule has 108 valence electrons. The smallest absolute Gasteiger partial charge is 0.306 e. The van der Waals surface area contributed by atoms with Crippen LogP contribution in [0.4, 0.5) is 0 Å². The first-order chi connectivity index (χ1) is 8.47.